The van der Waals surface area contributed by atoms with Crippen molar-refractivity contribution in [2.45, 2.75) is 12.8 Å². The lowest BCUT2D eigenvalue weighted by Crippen LogP contribution is -2.13. The summed E-state index contributed by atoms with van der Waals surface area (Å²) in [5, 5.41) is 15.1. The molecule has 0 unspecified atom stereocenters. The van der Waals surface area contributed by atoms with Gasteiger partial charge in [0.25, 0.3) is 0 Å². The number of amidine groups is 1. The van der Waals surface area contributed by atoms with Crippen LogP contribution in [0.4, 0.5) is 5.69 Å². The molecular weight excluding hydrogens is 293 g/mol. The van der Waals surface area contributed by atoms with Gasteiger partial charge in [-0.3, -0.25) is 0 Å². The SMILES string of the molecule is N/C(CCCNc1cc(Cl)ccc1Br)=N/O. The first-order chi connectivity index (χ1) is 7.63. The normalized spacial score (nSPS) is 11.5. The van der Waals surface area contributed by atoms with Gasteiger partial charge < -0.3 is 16.3 Å². The van der Waals surface area contributed by atoms with E-state index in [1.165, 1.54) is 0 Å². The molecule has 88 valence electrons. The Morgan fingerprint density at radius 2 is 2.31 bits per heavy atom. The number of anilines is 1. The molecule has 0 aliphatic carbocycles. The summed E-state index contributed by atoms with van der Waals surface area (Å²) in [7, 11) is 0. The van der Waals surface area contributed by atoms with Crippen LogP contribution < -0.4 is 11.1 Å². The average molecular weight is 307 g/mol. The molecule has 1 aromatic rings. The first kappa shape index (κ1) is 13.1. The third-order valence-electron chi connectivity index (χ3n) is 1.98. The van der Waals surface area contributed by atoms with E-state index in [9.17, 15) is 0 Å². The van der Waals surface area contributed by atoms with Crippen molar-refractivity contribution in [1.82, 2.24) is 0 Å². The number of nitrogens with two attached hydrogens (primary N) is 1. The van der Waals surface area contributed by atoms with Crippen LogP contribution in [0.5, 0.6) is 0 Å². The minimum absolute atomic E-state index is 0.243. The Labute approximate surface area is 108 Å². The van der Waals surface area contributed by atoms with Gasteiger partial charge in [0.05, 0.1) is 0 Å². The highest BCUT2D eigenvalue weighted by atomic mass is 79.9. The van der Waals surface area contributed by atoms with Crippen molar-refractivity contribution in [2.24, 2.45) is 10.9 Å². The van der Waals surface area contributed by atoms with Crippen LogP contribution in [-0.4, -0.2) is 17.6 Å². The molecule has 0 bridgehead atoms. The molecular formula is C10H13BrClN3O. The standard InChI is InChI=1S/C10H13BrClN3O/c11-8-4-3-7(12)6-9(8)14-5-1-2-10(13)15-16/h3-4,6,14,16H,1-2,5H2,(H2,13,15). The second kappa shape index (κ2) is 6.60. The topological polar surface area (TPSA) is 70.6 Å². The first-order valence-corrected chi connectivity index (χ1v) is 5.96. The number of nitrogens with zero attached hydrogens (tertiary/aromatic N) is 1. The zero-order chi connectivity index (χ0) is 12.0. The minimum atomic E-state index is 0.243. The van der Waals surface area contributed by atoms with Crippen molar-refractivity contribution in [3.05, 3.63) is 27.7 Å². The van der Waals surface area contributed by atoms with Crippen LogP contribution in [0.3, 0.4) is 0 Å². The van der Waals surface area contributed by atoms with Crippen LogP contribution >= 0.6 is 27.5 Å². The summed E-state index contributed by atoms with van der Waals surface area (Å²) in [4.78, 5) is 0. The second-order valence-corrected chi connectivity index (χ2v) is 4.54. The summed E-state index contributed by atoms with van der Waals surface area (Å²) in [6.45, 7) is 0.731. The molecule has 4 nitrogen and oxygen atoms in total. The van der Waals surface area contributed by atoms with Crippen molar-refractivity contribution < 1.29 is 5.21 Å². The molecule has 0 saturated heterocycles. The van der Waals surface area contributed by atoms with Gasteiger partial charge in [-0.1, -0.05) is 16.8 Å². The Bertz CT molecular complexity index is 384. The number of oxime groups is 1. The van der Waals surface area contributed by atoms with E-state index in [1.54, 1.807) is 0 Å². The minimum Gasteiger partial charge on any atom is -0.409 e. The number of benzene rings is 1. The van der Waals surface area contributed by atoms with E-state index < -0.39 is 0 Å². The highest BCUT2D eigenvalue weighted by Crippen LogP contribution is 2.25. The second-order valence-electron chi connectivity index (χ2n) is 3.25. The van der Waals surface area contributed by atoms with Gasteiger partial charge in [-0.15, -0.1) is 0 Å². The molecule has 1 aromatic carbocycles. The van der Waals surface area contributed by atoms with Crippen molar-refractivity contribution >= 4 is 39.1 Å². The van der Waals surface area contributed by atoms with E-state index in [2.05, 4.69) is 26.4 Å². The van der Waals surface area contributed by atoms with Crippen molar-refractivity contribution in [2.75, 3.05) is 11.9 Å². The predicted octanol–water partition coefficient (Wildman–Crippen LogP) is 3.04. The van der Waals surface area contributed by atoms with E-state index in [0.29, 0.717) is 11.4 Å². The van der Waals surface area contributed by atoms with Gasteiger partial charge in [-0.05, 0) is 40.5 Å². The van der Waals surface area contributed by atoms with E-state index in [0.717, 1.165) is 23.1 Å². The predicted molar refractivity (Wildman–Crippen MR) is 70.3 cm³/mol. The highest BCUT2D eigenvalue weighted by Gasteiger charge is 2.00. The van der Waals surface area contributed by atoms with Gasteiger partial charge in [0, 0.05) is 28.1 Å². The molecule has 6 heteroatoms. The summed E-state index contributed by atoms with van der Waals surface area (Å²) < 4.78 is 0.959. The number of rotatable bonds is 5. The molecule has 0 heterocycles. The summed E-state index contributed by atoms with van der Waals surface area (Å²) in [5.74, 6) is 0.243. The van der Waals surface area contributed by atoms with Gasteiger partial charge in [0.15, 0.2) is 0 Å². The summed E-state index contributed by atoms with van der Waals surface area (Å²) >= 11 is 9.29. The summed E-state index contributed by atoms with van der Waals surface area (Å²) in [6, 6.07) is 5.54. The van der Waals surface area contributed by atoms with Gasteiger partial charge in [0.2, 0.25) is 0 Å². The molecule has 0 amide bonds. The van der Waals surface area contributed by atoms with Crippen LogP contribution in [0.2, 0.25) is 5.02 Å². The molecule has 0 saturated carbocycles. The van der Waals surface area contributed by atoms with Gasteiger partial charge >= 0.3 is 0 Å². The lowest BCUT2D eigenvalue weighted by Gasteiger charge is -2.08. The van der Waals surface area contributed by atoms with Gasteiger partial charge in [0.1, 0.15) is 5.84 Å². The zero-order valence-corrected chi connectivity index (χ0v) is 10.9. The van der Waals surface area contributed by atoms with E-state index in [-0.39, 0.29) is 5.84 Å². The molecule has 0 fully saturated rings. The fraction of sp³-hybridized carbons (Fsp3) is 0.300. The smallest absolute Gasteiger partial charge is 0.139 e. The van der Waals surface area contributed by atoms with E-state index in [1.807, 2.05) is 18.2 Å². The fourth-order valence-electron chi connectivity index (χ4n) is 1.18. The van der Waals surface area contributed by atoms with E-state index in [4.69, 9.17) is 22.5 Å². The van der Waals surface area contributed by atoms with Gasteiger partial charge in [-0.25, -0.2) is 0 Å². The Kier molecular flexibility index (Phi) is 5.42. The lowest BCUT2D eigenvalue weighted by molar-refractivity contribution is 0.316. The Morgan fingerprint density at radius 3 is 3.00 bits per heavy atom. The zero-order valence-electron chi connectivity index (χ0n) is 8.58. The molecule has 0 aromatic heterocycles. The maximum atomic E-state index is 8.35. The Hall–Kier alpha value is -0.940. The highest BCUT2D eigenvalue weighted by molar-refractivity contribution is 9.10. The van der Waals surface area contributed by atoms with Crippen LogP contribution in [0.15, 0.2) is 27.8 Å². The number of hydrogen-bond acceptors (Lipinski definition) is 3. The Morgan fingerprint density at radius 1 is 1.56 bits per heavy atom. The maximum absolute atomic E-state index is 8.35. The third kappa shape index (κ3) is 4.28. The molecule has 0 spiro atoms. The average Bonchev–Trinajstić information content (AvgIpc) is 2.28. The first-order valence-electron chi connectivity index (χ1n) is 4.79. The van der Waals surface area contributed by atoms with Crippen LogP contribution in [0.1, 0.15) is 12.8 Å². The van der Waals surface area contributed by atoms with Crippen LogP contribution in [0, 0.1) is 0 Å². The van der Waals surface area contributed by atoms with Crippen molar-refractivity contribution in [3.8, 4) is 0 Å². The van der Waals surface area contributed by atoms with Gasteiger partial charge in [-0.2, -0.15) is 0 Å². The largest absolute Gasteiger partial charge is 0.409 e. The number of hydrogen-bond donors (Lipinski definition) is 3. The third-order valence-corrected chi connectivity index (χ3v) is 2.91. The van der Waals surface area contributed by atoms with Crippen molar-refractivity contribution in [1.29, 1.82) is 0 Å². The number of nitrogens with one attached hydrogen (secondary N) is 1. The molecule has 0 aliphatic heterocycles. The number of halogens is 2. The van der Waals surface area contributed by atoms with Crippen molar-refractivity contribution in [3.63, 3.8) is 0 Å². The molecule has 0 radical (unpaired) electrons. The molecule has 1 rings (SSSR count). The van der Waals surface area contributed by atoms with Crippen LogP contribution in [-0.2, 0) is 0 Å². The monoisotopic (exact) mass is 305 g/mol. The van der Waals surface area contributed by atoms with Crippen LogP contribution in [0.25, 0.3) is 0 Å². The van der Waals surface area contributed by atoms with E-state index >= 15 is 0 Å². The Balaban J connectivity index is 2.40. The maximum Gasteiger partial charge on any atom is 0.139 e. The summed E-state index contributed by atoms with van der Waals surface area (Å²) in [5.41, 5.74) is 6.29. The fourth-order valence-corrected chi connectivity index (χ4v) is 1.73. The molecule has 4 N–H and O–H groups in total. The molecule has 0 aliphatic rings. The molecule has 16 heavy (non-hydrogen) atoms. The summed E-state index contributed by atoms with van der Waals surface area (Å²) in [6.07, 6.45) is 1.34. The quantitative estimate of drug-likeness (QED) is 0.257. The molecule has 0 atom stereocenters. The lowest BCUT2D eigenvalue weighted by atomic mass is 10.2.